The van der Waals surface area contributed by atoms with Crippen LogP contribution in [0.3, 0.4) is 0 Å². The predicted octanol–water partition coefficient (Wildman–Crippen LogP) is 4.18. The van der Waals surface area contributed by atoms with E-state index >= 15 is 0 Å². The zero-order chi connectivity index (χ0) is 22.0. The summed E-state index contributed by atoms with van der Waals surface area (Å²) in [6.45, 7) is 5.53. The van der Waals surface area contributed by atoms with Crippen LogP contribution in [0.2, 0.25) is 0 Å². The van der Waals surface area contributed by atoms with E-state index in [1.54, 1.807) is 73.4 Å². The Labute approximate surface area is 180 Å². The second kappa shape index (κ2) is 8.19. The maximum absolute atomic E-state index is 12.9. The van der Waals surface area contributed by atoms with E-state index in [0.29, 0.717) is 39.2 Å². The monoisotopic (exact) mass is 435 g/mol. The molecule has 0 radical (unpaired) electrons. The van der Waals surface area contributed by atoms with Gasteiger partial charge in [0.1, 0.15) is 5.75 Å². The topological polar surface area (TPSA) is 99.0 Å². The van der Waals surface area contributed by atoms with Gasteiger partial charge in [0.25, 0.3) is 10.0 Å². The van der Waals surface area contributed by atoms with E-state index in [2.05, 4.69) is 20.0 Å². The van der Waals surface area contributed by atoms with Crippen molar-refractivity contribution in [3.05, 3.63) is 83.7 Å². The Morgan fingerprint density at radius 1 is 0.935 bits per heavy atom. The molecule has 2 aromatic heterocycles. The number of hydrogen-bond acceptors (Lipinski definition) is 6. The standard InChI is InChI=1S/C22H21N5O3S/c1-15-13-16(2)22(17(3)14-15)31(28,29)26-18-5-7-19(8-6-18)30-21-10-9-20(24-25-21)27-12-4-11-23-27/h4-14,26H,1-3H3. The number of aryl methyl sites for hydroxylation is 3. The summed E-state index contributed by atoms with van der Waals surface area (Å²) < 4.78 is 35.7. The Balaban J connectivity index is 1.47. The number of nitrogens with one attached hydrogen (secondary N) is 1. The Bertz CT molecular complexity index is 1280. The molecule has 2 heterocycles. The zero-order valence-electron chi connectivity index (χ0n) is 17.3. The first-order valence-electron chi connectivity index (χ1n) is 9.54. The van der Waals surface area contributed by atoms with E-state index in [4.69, 9.17) is 4.74 Å². The van der Waals surface area contributed by atoms with Crippen molar-refractivity contribution in [2.24, 2.45) is 0 Å². The quantitative estimate of drug-likeness (QED) is 0.488. The average molecular weight is 436 g/mol. The number of sulfonamides is 1. The van der Waals surface area contributed by atoms with Crippen molar-refractivity contribution in [3.8, 4) is 17.4 Å². The summed E-state index contributed by atoms with van der Waals surface area (Å²) in [4.78, 5) is 0.297. The maximum atomic E-state index is 12.9. The van der Waals surface area contributed by atoms with Crippen molar-refractivity contribution in [2.45, 2.75) is 25.7 Å². The number of benzene rings is 2. The number of rotatable bonds is 6. The Morgan fingerprint density at radius 3 is 2.23 bits per heavy atom. The van der Waals surface area contributed by atoms with Crippen LogP contribution < -0.4 is 9.46 Å². The molecule has 0 aliphatic rings. The van der Waals surface area contributed by atoms with Gasteiger partial charge in [0.05, 0.1) is 4.90 Å². The van der Waals surface area contributed by atoms with Crippen LogP contribution in [0.1, 0.15) is 16.7 Å². The second-order valence-electron chi connectivity index (χ2n) is 7.14. The van der Waals surface area contributed by atoms with Gasteiger partial charge >= 0.3 is 0 Å². The molecule has 0 spiro atoms. The Hall–Kier alpha value is -3.72. The lowest BCUT2D eigenvalue weighted by Gasteiger charge is -2.14. The molecule has 9 heteroatoms. The van der Waals surface area contributed by atoms with Crippen LogP contribution in [0.15, 0.2) is 71.9 Å². The Morgan fingerprint density at radius 2 is 1.65 bits per heavy atom. The van der Waals surface area contributed by atoms with Gasteiger partial charge in [-0.2, -0.15) is 5.10 Å². The highest BCUT2D eigenvalue weighted by molar-refractivity contribution is 7.92. The van der Waals surface area contributed by atoms with Gasteiger partial charge in [-0.1, -0.05) is 17.7 Å². The molecule has 0 aliphatic heterocycles. The van der Waals surface area contributed by atoms with E-state index in [1.165, 1.54) is 0 Å². The van der Waals surface area contributed by atoms with Crippen LogP contribution in [0, 0.1) is 20.8 Å². The smallest absolute Gasteiger partial charge is 0.262 e. The fraction of sp³-hybridized carbons (Fsp3) is 0.136. The van der Waals surface area contributed by atoms with Crippen LogP contribution in [-0.4, -0.2) is 28.4 Å². The molecule has 0 fully saturated rings. The first-order valence-corrected chi connectivity index (χ1v) is 11.0. The molecular formula is C22H21N5O3S. The largest absolute Gasteiger partial charge is 0.438 e. The fourth-order valence-corrected chi connectivity index (χ4v) is 4.92. The lowest BCUT2D eigenvalue weighted by atomic mass is 10.1. The van der Waals surface area contributed by atoms with Gasteiger partial charge in [0, 0.05) is 24.1 Å². The van der Waals surface area contributed by atoms with Crippen LogP contribution in [-0.2, 0) is 10.0 Å². The van der Waals surface area contributed by atoms with E-state index in [9.17, 15) is 8.42 Å². The minimum absolute atomic E-state index is 0.297. The number of nitrogens with zero attached hydrogens (tertiary/aromatic N) is 4. The summed E-state index contributed by atoms with van der Waals surface area (Å²) in [6.07, 6.45) is 3.42. The molecule has 158 valence electrons. The first-order chi connectivity index (χ1) is 14.8. The van der Waals surface area contributed by atoms with Crippen molar-refractivity contribution in [1.29, 1.82) is 0 Å². The molecule has 0 atom stereocenters. The van der Waals surface area contributed by atoms with Crippen molar-refractivity contribution >= 4 is 15.7 Å². The molecular weight excluding hydrogens is 414 g/mol. The molecule has 31 heavy (non-hydrogen) atoms. The molecule has 8 nitrogen and oxygen atoms in total. The highest BCUT2D eigenvalue weighted by Gasteiger charge is 2.20. The second-order valence-corrected chi connectivity index (χ2v) is 8.76. The lowest BCUT2D eigenvalue weighted by molar-refractivity contribution is 0.454. The van der Waals surface area contributed by atoms with E-state index in [-0.39, 0.29) is 0 Å². The van der Waals surface area contributed by atoms with E-state index in [1.807, 2.05) is 19.1 Å². The summed E-state index contributed by atoms with van der Waals surface area (Å²) in [6, 6.07) is 15.5. The van der Waals surface area contributed by atoms with Crippen LogP contribution >= 0.6 is 0 Å². The van der Waals surface area contributed by atoms with Crippen molar-refractivity contribution in [1.82, 2.24) is 20.0 Å². The molecule has 4 aromatic rings. The van der Waals surface area contributed by atoms with Crippen LogP contribution in [0.25, 0.3) is 5.82 Å². The highest BCUT2D eigenvalue weighted by Crippen LogP contribution is 2.26. The third kappa shape index (κ3) is 4.56. The fourth-order valence-electron chi connectivity index (χ4n) is 3.40. The summed E-state index contributed by atoms with van der Waals surface area (Å²) >= 11 is 0. The van der Waals surface area contributed by atoms with Gasteiger partial charge in [0.2, 0.25) is 5.88 Å². The Kier molecular flexibility index (Phi) is 5.43. The molecule has 0 saturated heterocycles. The van der Waals surface area contributed by atoms with Crippen molar-refractivity contribution < 1.29 is 13.2 Å². The minimum Gasteiger partial charge on any atom is -0.438 e. The van der Waals surface area contributed by atoms with Gasteiger partial charge in [-0.15, -0.1) is 10.2 Å². The highest BCUT2D eigenvalue weighted by atomic mass is 32.2. The van der Waals surface area contributed by atoms with Gasteiger partial charge in [0.15, 0.2) is 5.82 Å². The molecule has 1 N–H and O–H groups in total. The zero-order valence-corrected chi connectivity index (χ0v) is 18.1. The van der Waals surface area contributed by atoms with Gasteiger partial charge in [-0.25, -0.2) is 13.1 Å². The van der Waals surface area contributed by atoms with Crippen LogP contribution in [0.5, 0.6) is 11.6 Å². The first kappa shape index (κ1) is 20.5. The third-order valence-electron chi connectivity index (χ3n) is 4.57. The average Bonchev–Trinajstić information content (AvgIpc) is 3.23. The van der Waals surface area contributed by atoms with E-state index in [0.717, 1.165) is 5.56 Å². The lowest BCUT2D eigenvalue weighted by Crippen LogP contribution is -2.15. The SMILES string of the molecule is Cc1cc(C)c(S(=O)(=O)Nc2ccc(Oc3ccc(-n4cccn4)nn3)cc2)c(C)c1. The number of ether oxygens (including phenoxy) is 1. The molecule has 2 aromatic carbocycles. The number of hydrogen-bond donors (Lipinski definition) is 1. The van der Waals surface area contributed by atoms with Gasteiger partial charge in [-0.05, 0) is 68.3 Å². The molecule has 4 rings (SSSR count). The van der Waals surface area contributed by atoms with Crippen molar-refractivity contribution in [2.75, 3.05) is 4.72 Å². The van der Waals surface area contributed by atoms with Crippen molar-refractivity contribution in [3.63, 3.8) is 0 Å². The number of anilines is 1. The predicted molar refractivity (Wildman–Crippen MR) is 117 cm³/mol. The van der Waals surface area contributed by atoms with Gasteiger partial charge in [-0.3, -0.25) is 4.72 Å². The summed E-state index contributed by atoms with van der Waals surface area (Å²) in [5.74, 6) is 1.39. The molecule has 0 unspecified atom stereocenters. The maximum Gasteiger partial charge on any atom is 0.262 e. The summed E-state index contributed by atoms with van der Waals surface area (Å²) in [5.41, 5.74) is 2.88. The number of aromatic nitrogens is 4. The summed E-state index contributed by atoms with van der Waals surface area (Å²) in [5, 5.41) is 12.2. The normalized spacial score (nSPS) is 11.3. The summed E-state index contributed by atoms with van der Waals surface area (Å²) in [7, 11) is -3.71. The van der Waals surface area contributed by atoms with Gasteiger partial charge < -0.3 is 4.74 Å². The molecule has 0 saturated carbocycles. The molecule has 0 amide bonds. The minimum atomic E-state index is -3.71. The van der Waals surface area contributed by atoms with Crippen LogP contribution in [0.4, 0.5) is 5.69 Å². The third-order valence-corrected chi connectivity index (χ3v) is 6.25. The molecule has 0 aliphatic carbocycles. The molecule has 0 bridgehead atoms. The van der Waals surface area contributed by atoms with E-state index < -0.39 is 10.0 Å².